The average molecular weight is 660 g/mol. The van der Waals surface area contributed by atoms with Gasteiger partial charge in [0.15, 0.2) is 11.5 Å². The van der Waals surface area contributed by atoms with Crippen LogP contribution in [0.1, 0.15) is 62.7 Å². The summed E-state index contributed by atoms with van der Waals surface area (Å²) >= 11 is 0. The Bertz CT molecular complexity index is 2100. The van der Waals surface area contributed by atoms with Gasteiger partial charge in [-0.05, 0) is 79.3 Å². The Labute approximate surface area is 282 Å². The summed E-state index contributed by atoms with van der Waals surface area (Å²) in [6, 6.07) is 16.0. The zero-order valence-corrected chi connectivity index (χ0v) is 27.7. The second-order valence-corrected chi connectivity index (χ2v) is 12.1. The number of fused-ring (bicyclic) bond motifs is 2. The first-order chi connectivity index (χ1) is 23.6. The first kappa shape index (κ1) is 32.8. The molecule has 13 heteroatoms. The van der Waals surface area contributed by atoms with Crippen molar-refractivity contribution in [3.63, 3.8) is 0 Å². The summed E-state index contributed by atoms with van der Waals surface area (Å²) in [5.74, 6) is -0.657. The maximum Gasteiger partial charge on any atom is 0.262 e. The highest BCUT2D eigenvalue weighted by molar-refractivity contribution is 6.22. The first-order valence-electron chi connectivity index (χ1n) is 16.0. The summed E-state index contributed by atoms with van der Waals surface area (Å²) in [6.45, 7) is 6.62. The van der Waals surface area contributed by atoms with Crippen LogP contribution < -0.4 is 21.7 Å². The van der Waals surface area contributed by atoms with E-state index in [1.165, 1.54) is 0 Å². The van der Waals surface area contributed by atoms with Gasteiger partial charge in [0.2, 0.25) is 11.9 Å². The molecule has 6 rings (SSSR count). The lowest BCUT2D eigenvalue weighted by molar-refractivity contribution is -0.118. The van der Waals surface area contributed by atoms with Crippen LogP contribution in [-0.2, 0) is 29.6 Å². The number of amides is 3. The van der Waals surface area contributed by atoms with E-state index in [0.717, 1.165) is 50.3 Å². The second-order valence-electron chi connectivity index (χ2n) is 12.1. The molecule has 1 aliphatic rings. The number of nitrogens with zero attached hydrogens (tertiary/aromatic N) is 5. The number of carbonyl (C=O) groups is 4. The zero-order valence-electron chi connectivity index (χ0n) is 27.7. The van der Waals surface area contributed by atoms with Gasteiger partial charge < -0.3 is 26.5 Å². The van der Waals surface area contributed by atoms with E-state index in [-0.39, 0.29) is 24.0 Å². The summed E-state index contributed by atoms with van der Waals surface area (Å²) in [6.07, 6.45) is 2.92. The molecule has 0 bridgehead atoms. The number of aromatic nitrogens is 4. The number of imide groups is 1. The van der Waals surface area contributed by atoms with Crippen molar-refractivity contribution in [3.8, 4) is 0 Å². The highest BCUT2D eigenvalue weighted by Crippen LogP contribution is 2.31. The van der Waals surface area contributed by atoms with Crippen molar-refractivity contribution in [3.05, 3.63) is 94.2 Å². The van der Waals surface area contributed by atoms with Crippen molar-refractivity contribution in [2.24, 2.45) is 12.8 Å². The van der Waals surface area contributed by atoms with Crippen molar-refractivity contribution in [2.75, 3.05) is 16.0 Å². The van der Waals surface area contributed by atoms with Crippen LogP contribution in [0.5, 0.6) is 0 Å². The molecule has 3 amide bonds. The summed E-state index contributed by atoms with van der Waals surface area (Å²) in [5, 5.41) is 15.6. The molecule has 2 aromatic heterocycles. The standard InChI is InChI=1S/C36H37N9O4/c1-5-22-9-10-25(40-36-39-18-29-32(43-44(4)33(29)42-36)41-31-20(2)7-6-8-21(31)3)15-23(22)17-38-24-11-13-27-28(16-24)35(49)45(34(27)48)26(19-46)12-14-30(37)47/h6-11,13,15-16,18-19,26,38H,5,12,14,17H2,1-4H3,(H2,37,47)(H,41,43)(H,39,40,42). The van der Waals surface area contributed by atoms with Gasteiger partial charge in [-0.15, -0.1) is 0 Å². The fraction of sp³-hybridized carbons (Fsp3) is 0.250. The molecule has 0 radical (unpaired) electrons. The molecule has 3 heterocycles. The van der Waals surface area contributed by atoms with Crippen LogP contribution in [0.25, 0.3) is 11.0 Å². The molecule has 49 heavy (non-hydrogen) atoms. The lowest BCUT2D eigenvalue weighted by atomic mass is 10.0. The van der Waals surface area contributed by atoms with E-state index in [2.05, 4.69) is 58.9 Å². The van der Waals surface area contributed by atoms with E-state index in [9.17, 15) is 19.2 Å². The molecular formula is C36H37N9O4. The quantitative estimate of drug-likeness (QED) is 0.0986. The molecule has 5 N–H and O–H groups in total. The number of nitrogens with one attached hydrogen (secondary N) is 3. The maximum atomic E-state index is 13.2. The van der Waals surface area contributed by atoms with E-state index in [1.807, 2.05) is 31.3 Å². The van der Waals surface area contributed by atoms with Crippen LogP contribution in [0, 0.1) is 13.8 Å². The number of aryl methyl sites for hydroxylation is 4. The maximum absolute atomic E-state index is 13.2. The lowest BCUT2D eigenvalue weighted by Gasteiger charge is -2.20. The first-order valence-corrected chi connectivity index (χ1v) is 16.0. The number of hydrogen-bond acceptors (Lipinski definition) is 10. The van der Waals surface area contributed by atoms with E-state index in [4.69, 9.17) is 10.7 Å². The predicted octanol–water partition coefficient (Wildman–Crippen LogP) is 5.07. The van der Waals surface area contributed by atoms with Gasteiger partial charge in [-0.1, -0.05) is 31.2 Å². The predicted molar refractivity (Wildman–Crippen MR) is 187 cm³/mol. The number of anilines is 5. The largest absolute Gasteiger partial charge is 0.381 e. The van der Waals surface area contributed by atoms with Crippen LogP contribution >= 0.6 is 0 Å². The molecular weight excluding hydrogens is 622 g/mol. The minimum Gasteiger partial charge on any atom is -0.381 e. The van der Waals surface area contributed by atoms with Crippen LogP contribution in [-0.4, -0.2) is 54.7 Å². The molecule has 1 atom stereocenters. The summed E-state index contributed by atoms with van der Waals surface area (Å²) in [4.78, 5) is 59.3. The summed E-state index contributed by atoms with van der Waals surface area (Å²) < 4.78 is 1.72. The number of nitrogens with two attached hydrogens (primary N) is 1. The molecule has 0 fully saturated rings. The fourth-order valence-corrected chi connectivity index (χ4v) is 6.08. The number of rotatable bonds is 13. The summed E-state index contributed by atoms with van der Waals surface area (Å²) in [7, 11) is 1.85. The van der Waals surface area contributed by atoms with Crippen LogP contribution in [0.4, 0.5) is 28.8 Å². The smallest absolute Gasteiger partial charge is 0.262 e. The third-order valence-electron chi connectivity index (χ3n) is 8.72. The molecule has 5 aromatic rings. The Morgan fingerprint density at radius 3 is 2.41 bits per heavy atom. The van der Waals surface area contributed by atoms with Gasteiger partial charge in [0, 0.05) is 43.3 Å². The number of primary amides is 1. The molecule has 250 valence electrons. The van der Waals surface area contributed by atoms with Gasteiger partial charge in [-0.25, -0.2) is 9.67 Å². The SMILES string of the molecule is CCc1ccc(Nc2ncc3c(Nc4c(C)cccc4C)nn(C)c3n2)cc1CNc1ccc2c(c1)C(=O)N(C(C=O)CCC(N)=O)C2=O. The number of hydrogen-bond donors (Lipinski definition) is 4. The molecule has 3 aromatic carbocycles. The normalized spacial score (nSPS) is 13.0. The van der Waals surface area contributed by atoms with Crippen molar-refractivity contribution in [1.82, 2.24) is 24.6 Å². The average Bonchev–Trinajstić information content (AvgIpc) is 3.53. The van der Waals surface area contributed by atoms with Crippen LogP contribution in [0.2, 0.25) is 0 Å². The molecule has 0 spiro atoms. The number of aldehydes is 1. The Balaban J connectivity index is 1.18. The molecule has 0 aliphatic carbocycles. The monoisotopic (exact) mass is 659 g/mol. The Kier molecular flexibility index (Phi) is 9.08. The van der Waals surface area contributed by atoms with Crippen molar-refractivity contribution < 1.29 is 19.2 Å². The topological polar surface area (TPSA) is 177 Å². The van der Waals surface area contributed by atoms with E-state index < -0.39 is 23.8 Å². The molecule has 1 aliphatic heterocycles. The minimum absolute atomic E-state index is 0.0213. The third kappa shape index (κ3) is 6.55. The number of para-hydroxylation sites is 1. The van der Waals surface area contributed by atoms with Gasteiger partial charge in [0.05, 0.1) is 22.6 Å². The van der Waals surface area contributed by atoms with Crippen molar-refractivity contribution >= 4 is 63.9 Å². The minimum atomic E-state index is -1.07. The van der Waals surface area contributed by atoms with E-state index >= 15 is 0 Å². The van der Waals surface area contributed by atoms with Crippen LogP contribution in [0.15, 0.2) is 60.8 Å². The van der Waals surface area contributed by atoms with Gasteiger partial charge in [0.1, 0.15) is 6.29 Å². The summed E-state index contributed by atoms with van der Waals surface area (Å²) in [5.41, 5.74) is 13.1. The second kappa shape index (κ2) is 13.6. The van der Waals surface area contributed by atoms with E-state index in [0.29, 0.717) is 35.9 Å². The Morgan fingerprint density at radius 2 is 1.69 bits per heavy atom. The number of benzene rings is 3. The lowest BCUT2D eigenvalue weighted by Crippen LogP contribution is -2.41. The van der Waals surface area contributed by atoms with Crippen LogP contribution in [0.3, 0.4) is 0 Å². The van der Waals surface area contributed by atoms with Crippen molar-refractivity contribution in [1.29, 1.82) is 0 Å². The van der Waals surface area contributed by atoms with Gasteiger partial charge in [0.25, 0.3) is 11.8 Å². The third-order valence-corrected chi connectivity index (χ3v) is 8.72. The molecule has 0 saturated heterocycles. The highest BCUT2D eigenvalue weighted by Gasteiger charge is 2.40. The molecule has 13 nitrogen and oxygen atoms in total. The zero-order chi connectivity index (χ0) is 34.8. The highest BCUT2D eigenvalue weighted by atomic mass is 16.2. The van der Waals surface area contributed by atoms with Gasteiger partial charge >= 0.3 is 0 Å². The van der Waals surface area contributed by atoms with E-state index in [1.54, 1.807) is 29.1 Å². The van der Waals surface area contributed by atoms with Gasteiger partial charge in [-0.3, -0.25) is 19.3 Å². The molecule has 0 saturated carbocycles. The van der Waals surface area contributed by atoms with Gasteiger partial charge in [-0.2, -0.15) is 10.1 Å². The fourth-order valence-electron chi connectivity index (χ4n) is 6.08. The Morgan fingerprint density at radius 1 is 0.959 bits per heavy atom. The number of carbonyl (C=O) groups excluding carboxylic acids is 4. The Hall–Kier alpha value is -6.11. The van der Waals surface area contributed by atoms with Crippen molar-refractivity contribution in [2.45, 2.75) is 52.6 Å². The molecule has 1 unspecified atom stereocenters.